The lowest BCUT2D eigenvalue weighted by Gasteiger charge is -2.07. The molecule has 21 heavy (non-hydrogen) atoms. The number of benzene rings is 1. The molecule has 0 bridgehead atoms. The standard InChI is InChI=1S/C17H19N3O/c1-6-10-19-17(18-4)20-15(7-2)12(3)14-11-13(21-5)8-9-16(14)20/h6-11H,2,4H2,1,3,5H3/b10-6-,19-17?. The molecule has 1 aromatic heterocycles. The number of nitrogens with zero attached hydrogens (tertiary/aromatic N) is 3. The number of allylic oxidation sites excluding steroid dienone is 1. The lowest BCUT2D eigenvalue weighted by Crippen LogP contribution is -2.10. The molecule has 0 radical (unpaired) electrons. The van der Waals surface area contributed by atoms with Crippen LogP contribution in [0.2, 0.25) is 0 Å². The Kier molecular flexibility index (Phi) is 4.38. The van der Waals surface area contributed by atoms with Gasteiger partial charge in [-0.15, -0.1) is 0 Å². The average molecular weight is 281 g/mol. The molecular weight excluding hydrogens is 262 g/mol. The van der Waals surface area contributed by atoms with Crippen LogP contribution in [0.3, 0.4) is 0 Å². The first-order valence-corrected chi connectivity index (χ1v) is 6.65. The SMILES string of the molecule is C=Cc1c(C)c2cc(OC)ccc2n1C(N=C)=N/C=C\C. The van der Waals surface area contributed by atoms with Crippen LogP contribution in [0.25, 0.3) is 17.0 Å². The first kappa shape index (κ1) is 14.8. The second kappa shape index (κ2) is 6.22. The number of hydrogen-bond acceptors (Lipinski definition) is 2. The van der Waals surface area contributed by atoms with Gasteiger partial charge in [0.25, 0.3) is 0 Å². The number of ether oxygens (including phenoxy) is 1. The highest BCUT2D eigenvalue weighted by Gasteiger charge is 2.15. The van der Waals surface area contributed by atoms with Gasteiger partial charge in [-0.05, 0) is 50.4 Å². The number of aromatic nitrogens is 1. The van der Waals surface area contributed by atoms with Crippen molar-refractivity contribution >= 4 is 29.7 Å². The number of aliphatic imine (C=N–C) groups is 2. The van der Waals surface area contributed by atoms with E-state index in [9.17, 15) is 0 Å². The summed E-state index contributed by atoms with van der Waals surface area (Å²) in [5, 5.41) is 1.08. The van der Waals surface area contributed by atoms with Gasteiger partial charge in [0.05, 0.1) is 18.3 Å². The highest BCUT2D eigenvalue weighted by Crippen LogP contribution is 2.30. The average Bonchev–Trinajstić information content (AvgIpc) is 2.80. The molecule has 108 valence electrons. The zero-order valence-electron chi connectivity index (χ0n) is 12.6. The van der Waals surface area contributed by atoms with Crippen LogP contribution in [0, 0.1) is 6.92 Å². The third kappa shape index (κ3) is 2.52. The summed E-state index contributed by atoms with van der Waals surface area (Å²) in [7, 11) is 1.66. The highest BCUT2D eigenvalue weighted by atomic mass is 16.5. The molecular formula is C17H19N3O. The second-order valence-corrected chi connectivity index (χ2v) is 4.50. The van der Waals surface area contributed by atoms with Crippen molar-refractivity contribution in [3.8, 4) is 5.75 Å². The van der Waals surface area contributed by atoms with E-state index in [0.717, 1.165) is 27.9 Å². The minimum absolute atomic E-state index is 0.520. The summed E-state index contributed by atoms with van der Waals surface area (Å²) in [4.78, 5) is 8.38. The van der Waals surface area contributed by atoms with Crippen LogP contribution < -0.4 is 4.74 Å². The van der Waals surface area contributed by atoms with Crippen molar-refractivity contribution < 1.29 is 4.74 Å². The maximum absolute atomic E-state index is 5.30. The number of methoxy groups -OCH3 is 1. The first-order chi connectivity index (χ1) is 10.2. The number of hydrogen-bond donors (Lipinski definition) is 0. The van der Waals surface area contributed by atoms with Gasteiger partial charge in [-0.2, -0.15) is 0 Å². The van der Waals surface area contributed by atoms with Crippen LogP contribution in [0.4, 0.5) is 0 Å². The summed E-state index contributed by atoms with van der Waals surface area (Å²) in [5.74, 6) is 1.34. The fourth-order valence-electron chi connectivity index (χ4n) is 2.34. The molecule has 0 N–H and O–H groups in total. The van der Waals surface area contributed by atoms with E-state index in [4.69, 9.17) is 4.74 Å². The summed E-state index contributed by atoms with van der Waals surface area (Å²) in [5.41, 5.74) is 3.06. The Balaban J connectivity index is 2.84. The van der Waals surface area contributed by atoms with E-state index in [2.05, 4.69) is 23.3 Å². The summed E-state index contributed by atoms with van der Waals surface area (Å²) in [6, 6.07) is 5.91. The molecule has 0 saturated carbocycles. The Bertz CT molecular complexity index is 751. The predicted octanol–water partition coefficient (Wildman–Crippen LogP) is 4.04. The van der Waals surface area contributed by atoms with E-state index in [1.807, 2.05) is 42.7 Å². The van der Waals surface area contributed by atoms with Crippen LogP contribution in [0.15, 0.2) is 47.0 Å². The van der Waals surface area contributed by atoms with E-state index >= 15 is 0 Å². The van der Waals surface area contributed by atoms with Gasteiger partial charge in [-0.25, -0.2) is 9.98 Å². The zero-order valence-corrected chi connectivity index (χ0v) is 12.6. The summed E-state index contributed by atoms with van der Waals surface area (Å²) in [6.07, 6.45) is 5.35. The summed E-state index contributed by atoms with van der Waals surface area (Å²) < 4.78 is 7.25. The van der Waals surface area contributed by atoms with Gasteiger partial charge >= 0.3 is 0 Å². The maximum atomic E-state index is 5.30. The third-order valence-electron chi connectivity index (χ3n) is 3.35. The van der Waals surface area contributed by atoms with E-state index in [-0.39, 0.29) is 0 Å². The van der Waals surface area contributed by atoms with Gasteiger partial charge in [0.15, 0.2) is 0 Å². The number of aryl methyl sites for hydroxylation is 1. The smallest absolute Gasteiger partial charge is 0.233 e. The minimum Gasteiger partial charge on any atom is -0.497 e. The van der Waals surface area contributed by atoms with Crippen LogP contribution in [-0.4, -0.2) is 24.4 Å². The lowest BCUT2D eigenvalue weighted by atomic mass is 10.1. The predicted molar refractivity (Wildman–Crippen MR) is 90.5 cm³/mol. The van der Waals surface area contributed by atoms with E-state index in [1.165, 1.54) is 0 Å². The molecule has 0 spiro atoms. The number of rotatable bonds is 3. The quantitative estimate of drug-likeness (QED) is 0.618. The normalized spacial score (nSPS) is 12.0. The second-order valence-electron chi connectivity index (χ2n) is 4.50. The summed E-state index contributed by atoms with van der Waals surface area (Å²) in [6.45, 7) is 11.5. The Morgan fingerprint density at radius 1 is 1.38 bits per heavy atom. The molecule has 0 amide bonds. The maximum Gasteiger partial charge on any atom is 0.233 e. The van der Waals surface area contributed by atoms with Gasteiger partial charge in [-0.3, -0.25) is 4.57 Å². The number of fused-ring (bicyclic) bond motifs is 1. The molecule has 0 aliphatic carbocycles. The van der Waals surface area contributed by atoms with Gasteiger partial charge in [0.1, 0.15) is 5.75 Å². The molecule has 0 unspecified atom stereocenters. The topological polar surface area (TPSA) is 38.9 Å². The lowest BCUT2D eigenvalue weighted by molar-refractivity contribution is 0.415. The molecule has 2 rings (SSSR count). The molecule has 0 saturated heterocycles. The van der Waals surface area contributed by atoms with Crippen molar-refractivity contribution in [1.82, 2.24) is 4.57 Å². The van der Waals surface area contributed by atoms with Crippen LogP contribution >= 0.6 is 0 Å². The Morgan fingerprint density at radius 2 is 2.14 bits per heavy atom. The van der Waals surface area contributed by atoms with Crippen molar-refractivity contribution in [3.63, 3.8) is 0 Å². The van der Waals surface area contributed by atoms with Gasteiger partial charge in [0, 0.05) is 11.6 Å². The fourth-order valence-corrected chi connectivity index (χ4v) is 2.34. The summed E-state index contributed by atoms with van der Waals surface area (Å²) >= 11 is 0. The Hall–Kier alpha value is -2.62. The highest BCUT2D eigenvalue weighted by molar-refractivity contribution is 6.01. The largest absolute Gasteiger partial charge is 0.497 e. The zero-order chi connectivity index (χ0) is 15.4. The van der Waals surface area contributed by atoms with Crippen LogP contribution in [-0.2, 0) is 0 Å². The van der Waals surface area contributed by atoms with Crippen molar-refractivity contribution in [2.45, 2.75) is 13.8 Å². The van der Waals surface area contributed by atoms with E-state index in [0.29, 0.717) is 5.96 Å². The molecule has 1 aromatic carbocycles. The monoisotopic (exact) mass is 281 g/mol. The van der Waals surface area contributed by atoms with E-state index in [1.54, 1.807) is 19.4 Å². The molecule has 0 fully saturated rings. The fraction of sp³-hybridized carbons (Fsp3) is 0.176. The Morgan fingerprint density at radius 3 is 2.71 bits per heavy atom. The third-order valence-corrected chi connectivity index (χ3v) is 3.35. The Labute approximate surface area is 124 Å². The van der Waals surface area contributed by atoms with Crippen molar-refractivity contribution in [3.05, 3.63) is 48.3 Å². The molecule has 4 nitrogen and oxygen atoms in total. The van der Waals surface area contributed by atoms with Crippen LogP contribution in [0.5, 0.6) is 5.75 Å². The van der Waals surface area contributed by atoms with Gasteiger partial charge < -0.3 is 4.74 Å². The molecule has 4 heteroatoms. The first-order valence-electron chi connectivity index (χ1n) is 6.65. The van der Waals surface area contributed by atoms with Crippen LogP contribution in [0.1, 0.15) is 18.2 Å². The van der Waals surface area contributed by atoms with Crippen molar-refractivity contribution in [2.75, 3.05) is 7.11 Å². The molecule has 1 heterocycles. The van der Waals surface area contributed by atoms with E-state index < -0.39 is 0 Å². The molecule has 0 aliphatic rings. The minimum atomic E-state index is 0.520. The van der Waals surface area contributed by atoms with Gasteiger partial charge in [-0.1, -0.05) is 12.7 Å². The van der Waals surface area contributed by atoms with Crippen molar-refractivity contribution in [1.29, 1.82) is 0 Å². The molecule has 0 atom stereocenters. The van der Waals surface area contributed by atoms with Gasteiger partial charge in [0.2, 0.25) is 5.96 Å². The molecule has 2 aromatic rings. The molecule has 0 aliphatic heterocycles. The van der Waals surface area contributed by atoms with Crippen molar-refractivity contribution in [2.24, 2.45) is 9.98 Å².